The third-order valence-electron chi connectivity index (χ3n) is 3.58. The van der Waals surface area contributed by atoms with Gasteiger partial charge in [0.05, 0.1) is 11.8 Å². The maximum absolute atomic E-state index is 12.2. The summed E-state index contributed by atoms with van der Waals surface area (Å²) in [6.45, 7) is 8.20. The maximum atomic E-state index is 12.2. The van der Waals surface area contributed by atoms with Crippen LogP contribution in [0.15, 0.2) is 12.3 Å². The Bertz CT molecular complexity index is 671. The predicted molar refractivity (Wildman–Crippen MR) is 81.6 cm³/mol. The van der Waals surface area contributed by atoms with Crippen molar-refractivity contribution in [2.24, 2.45) is 7.05 Å². The lowest BCUT2D eigenvalue weighted by Crippen LogP contribution is -2.10. The van der Waals surface area contributed by atoms with Gasteiger partial charge in [0.1, 0.15) is 17.6 Å². The van der Waals surface area contributed by atoms with Crippen LogP contribution < -0.4 is 0 Å². The lowest BCUT2D eigenvalue weighted by atomic mass is 10.2. The van der Waals surface area contributed by atoms with Gasteiger partial charge in [0.2, 0.25) is 0 Å². The molecule has 2 rings (SSSR count). The molecule has 2 heterocycles. The standard InChI is InChI=1S/C15H20ClN3O2/c1-9(2)19-10(3)6-12(11(19)4)15(20)21-8-14-17-7-13(16)18(14)5/h6-7,9H,8H2,1-5H3. The molecule has 2 aromatic rings. The monoisotopic (exact) mass is 309 g/mol. The number of imidazole rings is 1. The van der Waals surface area contributed by atoms with Gasteiger partial charge in [-0.25, -0.2) is 9.78 Å². The number of rotatable bonds is 4. The number of aryl methyl sites for hydroxylation is 1. The van der Waals surface area contributed by atoms with Crippen LogP contribution >= 0.6 is 11.6 Å². The van der Waals surface area contributed by atoms with Crippen LogP contribution in [0.25, 0.3) is 0 Å². The van der Waals surface area contributed by atoms with Crippen molar-refractivity contribution >= 4 is 17.6 Å². The van der Waals surface area contributed by atoms with Crippen molar-refractivity contribution in [2.75, 3.05) is 0 Å². The largest absolute Gasteiger partial charge is 0.454 e. The van der Waals surface area contributed by atoms with Crippen LogP contribution in [0.2, 0.25) is 5.15 Å². The van der Waals surface area contributed by atoms with E-state index in [0.717, 1.165) is 11.4 Å². The van der Waals surface area contributed by atoms with E-state index in [1.807, 2.05) is 19.9 Å². The summed E-state index contributed by atoms with van der Waals surface area (Å²) in [5.41, 5.74) is 2.57. The van der Waals surface area contributed by atoms with Crippen LogP contribution in [0.5, 0.6) is 0 Å². The first-order valence-corrected chi connectivity index (χ1v) is 7.22. The summed E-state index contributed by atoms with van der Waals surface area (Å²) in [4.78, 5) is 16.3. The Labute approximate surface area is 129 Å². The Hall–Kier alpha value is -1.75. The minimum absolute atomic E-state index is 0.105. The number of hydrogen-bond donors (Lipinski definition) is 0. The first-order valence-electron chi connectivity index (χ1n) is 6.84. The van der Waals surface area contributed by atoms with Crippen molar-refractivity contribution in [3.63, 3.8) is 0 Å². The Balaban J connectivity index is 2.14. The van der Waals surface area contributed by atoms with Crippen LogP contribution in [0, 0.1) is 13.8 Å². The molecular formula is C15H20ClN3O2. The molecule has 0 saturated heterocycles. The average molecular weight is 310 g/mol. The summed E-state index contributed by atoms with van der Waals surface area (Å²) in [6, 6.07) is 2.17. The second-order valence-corrected chi connectivity index (χ2v) is 5.77. The van der Waals surface area contributed by atoms with Gasteiger partial charge in [-0.1, -0.05) is 11.6 Å². The number of halogens is 1. The zero-order valence-electron chi connectivity index (χ0n) is 13.0. The second-order valence-electron chi connectivity index (χ2n) is 5.38. The minimum atomic E-state index is -0.339. The van der Waals surface area contributed by atoms with Gasteiger partial charge in [0.25, 0.3) is 0 Å². The fourth-order valence-electron chi connectivity index (χ4n) is 2.54. The highest BCUT2D eigenvalue weighted by molar-refractivity contribution is 6.29. The van der Waals surface area contributed by atoms with E-state index in [-0.39, 0.29) is 12.6 Å². The van der Waals surface area contributed by atoms with Crippen molar-refractivity contribution in [1.82, 2.24) is 14.1 Å². The molecule has 0 amide bonds. The number of esters is 1. The molecule has 114 valence electrons. The molecule has 0 atom stereocenters. The molecule has 0 spiro atoms. The van der Waals surface area contributed by atoms with Gasteiger partial charge in [-0.05, 0) is 33.8 Å². The van der Waals surface area contributed by atoms with Crippen LogP contribution in [0.4, 0.5) is 0 Å². The van der Waals surface area contributed by atoms with E-state index in [1.54, 1.807) is 11.6 Å². The van der Waals surface area contributed by atoms with Crippen molar-refractivity contribution in [3.05, 3.63) is 40.2 Å². The Morgan fingerprint density at radius 1 is 1.43 bits per heavy atom. The third-order valence-corrected chi connectivity index (χ3v) is 3.93. The average Bonchev–Trinajstić information content (AvgIpc) is 2.88. The van der Waals surface area contributed by atoms with Crippen LogP contribution in [-0.4, -0.2) is 20.1 Å². The quantitative estimate of drug-likeness (QED) is 0.813. The number of hydrogen-bond acceptors (Lipinski definition) is 3. The summed E-state index contributed by atoms with van der Waals surface area (Å²) in [5, 5.41) is 0.513. The first-order chi connectivity index (χ1) is 9.82. The molecular weight excluding hydrogens is 290 g/mol. The van der Waals surface area contributed by atoms with Crippen molar-refractivity contribution in [2.45, 2.75) is 40.3 Å². The molecule has 2 aromatic heterocycles. The highest BCUT2D eigenvalue weighted by Crippen LogP contribution is 2.21. The Morgan fingerprint density at radius 2 is 2.10 bits per heavy atom. The van der Waals surface area contributed by atoms with Gasteiger partial charge < -0.3 is 13.9 Å². The molecule has 0 saturated carbocycles. The molecule has 21 heavy (non-hydrogen) atoms. The normalized spacial score (nSPS) is 11.2. The number of aromatic nitrogens is 3. The van der Waals surface area contributed by atoms with E-state index in [1.165, 1.54) is 6.20 Å². The summed E-state index contributed by atoms with van der Waals surface area (Å²) < 4.78 is 9.15. The molecule has 0 aromatic carbocycles. The van der Waals surface area contributed by atoms with Gasteiger partial charge in [0.15, 0.2) is 0 Å². The lowest BCUT2D eigenvalue weighted by Gasteiger charge is -2.13. The topological polar surface area (TPSA) is 49.0 Å². The fraction of sp³-hybridized carbons (Fsp3) is 0.467. The number of carbonyl (C=O) groups is 1. The fourth-order valence-corrected chi connectivity index (χ4v) is 2.69. The van der Waals surface area contributed by atoms with E-state index >= 15 is 0 Å². The summed E-state index contributed by atoms with van der Waals surface area (Å²) >= 11 is 5.90. The summed E-state index contributed by atoms with van der Waals surface area (Å²) in [7, 11) is 1.78. The number of nitrogens with zero attached hydrogens (tertiary/aromatic N) is 3. The molecule has 5 nitrogen and oxygen atoms in total. The molecule has 0 radical (unpaired) electrons. The highest BCUT2D eigenvalue weighted by atomic mass is 35.5. The predicted octanol–water partition coefficient (Wildman–Crippen LogP) is 3.43. The minimum Gasteiger partial charge on any atom is -0.454 e. The van der Waals surface area contributed by atoms with Crippen molar-refractivity contribution in [1.29, 1.82) is 0 Å². The molecule has 0 aliphatic rings. The van der Waals surface area contributed by atoms with Crippen LogP contribution in [0.3, 0.4) is 0 Å². The summed E-state index contributed by atoms with van der Waals surface area (Å²) in [6.07, 6.45) is 1.54. The van der Waals surface area contributed by atoms with Crippen LogP contribution in [-0.2, 0) is 18.4 Å². The highest BCUT2D eigenvalue weighted by Gasteiger charge is 2.19. The zero-order chi connectivity index (χ0) is 15.7. The molecule has 0 aliphatic carbocycles. The maximum Gasteiger partial charge on any atom is 0.340 e. The SMILES string of the molecule is Cc1cc(C(=O)OCc2ncc(Cl)n2C)c(C)n1C(C)C. The van der Waals surface area contributed by atoms with Gasteiger partial charge in [-0.3, -0.25) is 0 Å². The van der Waals surface area contributed by atoms with Crippen molar-refractivity contribution in [3.8, 4) is 0 Å². The van der Waals surface area contributed by atoms with Gasteiger partial charge in [0, 0.05) is 24.5 Å². The Morgan fingerprint density at radius 3 is 2.57 bits per heavy atom. The van der Waals surface area contributed by atoms with Gasteiger partial charge >= 0.3 is 5.97 Å². The molecule has 0 aliphatic heterocycles. The molecule has 0 unspecified atom stereocenters. The Kier molecular flexibility index (Phi) is 4.42. The molecule has 0 fully saturated rings. The van der Waals surface area contributed by atoms with E-state index in [2.05, 4.69) is 23.4 Å². The lowest BCUT2D eigenvalue weighted by molar-refractivity contribution is 0.0458. The summed E-state index contributed by atoms with van der Waals surface area (Å²) in [5.74, 6) is 0.278. The van der Waals surface area contributed by atoms with E-state index in [4.69, 9.17) is 16.3 Å². The first kappa shape index (κ1) is 15.6. The molecule has 0 bridgehead atoms. The number of carbonyl (C=O) groups excluding carboxylic acids is 1. The number of ether oxygens (including phenoxy) is 1. The zero-order valence-corrected chi connectivity index (χ0v) is 13.7. The van der Waals surface area contributed by atoms with Crippen molar-refractivity contribution < 1.29 is 9.53 Å². The van der Waals surface area contributed by atoms with E-state index in [0.29, 0.717) is 22.6 Å². The molecule has 0 N–H and O–H groups in total. The van der Waals surface area contributed by atoms with Gasteiger partial charge in [-0.2, -0.15) is 0 Å². The van der Waals surface area contributed by atoms with Crippen LogP contribution in [0.1, 0.15) is 47.5 Å². The molecule has 6 heteroatoms. The van der Waals surface area contributed by atoms with Gasteiger partial charge in [-0.15, -0.1) is 0 Å². The smallest absolute Gasteiger partial charge is 0.340 e. The third kappa shape index (κ3) is 2.97. The second kappa shape index (κ2) is 5.93. The van der Waals surface area contributed by atoms with E-state index in [9.17, 15) is 4.79 Å². The van der Waals surface area contributed by atoms with E-state index < -0.39 is 0 Å².